The van der Waals surface area contributed by atoms with Crippen LogP contribution in [0.3, 0.4) is 0 Å². The summed E-state index contributed by atoms with van der Waals surface area (Å²) in [6.45, 7) is 0. The maximum Gasteiger partial charge on any atom is 0.328 e. The molecule has 13 heavy (non-hydrogen) atoms. The lowest BCUT2D eigenvalue weighted by molar-refractivity contribution is -0.142. The molecule has 0 aromatic heterocycles. The van der Waals surface area contributed by atoms with Gasteiger partial charge < -0.3 is 4.74 Å². The number of ether oxygens (including phenoxy) is 1. The van der Waals surface area contributed by atoms with Gasteiger partial charge in [0.05, 0.1) is 13.0 Å². The standard InChI is InChI=1S/C9H11ClO3/c1-13-8(12)9(10)5-3-2-4-6(11)7(5)9/h5,7H,2-4H2,1H3/t5-,7-,9-/m1/s1. The molecule has 0 aromatic rings. The molecular formula is C9H11ClO3. The molecule has 0 spiro atoms. The fourth-order valence-corrected chi connectivity index (χ4v) is 2.87. The minimum atomic E-state index is -1.01. The molecule has 72 valence electrons. The van der Waals surface area contributed by atoms with Gasteiger partial charge in [-0.2, -0.15) is 0 Å². The van der Waals surface area contributed by atoms with Crippen molar-refractivity contribution >= 4 is 23.4 Å². The largest absolute Gasteiger partial charge is 0.468 e. The van der Waals surface area contributed by atoms with E-state index in [1.807, 2.05) is 0 Å². The van der Waals surface area contributed by atoms with E-state index in [1.165, 1.54) is 7.11 Å². The summed E-state index contributed by atoms with van der Waals surface area (Å²) in [5.41, 5.74) is 0. The second-order valence-electron chi connectivity index (χ2n) is 3.70. The van der Waals surface area contributed by atoms with E-state index in [-0.39, 0.29) is 17.6 Å². The predicted octanol–water partition coefficient (Wildman–Crippen LogP) is 1.14. The molecule has 0 radical (unpaired) electrons. The van der Waals surface area contributed by atoms with Gasteiger partial charge in [-0.25, -0.2) is 0 Å². The Bertz CT molecular complexity index is 276. The van der Waals surface area contributed by atoms with Crippen molar-refractivity contribution in [2.75, 3.05) is 7.11 Å². The van der Waals surface area contributed by atoms with E-state index in [9.17, 15) is 9.59 Å². The third kappa shape index (κ3) is 1.03. The maximum absolute atomic E-state index is 11.4. The molecule has 0 unspecified atom stereocenters. The van der Waals surface area contributed by atoms with Crippen molar-refractivity contribution < 1.29 is 14.3 Å². The molecule has 2 aliphatic rings. The molecule has 2 saturated carbocycles. The summed E-state index contributed by atoms with van der Waals surface area (Å²) < 4.78 is 4.59. The molecule has 0 amide bonds. The molecule has 0 aliphatic heterocycles. The van der Waals surface area contributed by atoms with Crippen LogP contribution in [0.2, 0.25) is 0 Å². The summed E-state index contributed by atoms with van der Waals surface area (Å²) in [5, 5.41) is 0. The molecule has 0 bridgehead atoms. The highest BCUT2D eigenvalue weighted by atomic mass is 35.5. The summed E-state index contributed by atoms with van der Waals surface area (Å²) in [4.78, 5) is 21.7. The molecular weight excluding hydrogens is 192 g/mol. The summed E-state index contributed by atoms with van der Waals surface area (Å²) in [6, 6.07) is 0. The number of fused-ring (bicyclic) bond motifs is 1. The van der Waals surface area contributed by atoms with Crippen molar-refractivity contribution in [3.05, 3.63) is 0 Å². The average Bonchev–Trinajstić information content (AvgIpc) is 2.74. The highest BCUT2D eigenvalue weighted by molar-refractivity contribution is 6.39. The summed E-state index contributed by atoms with van der Waals surface area (Å²) in [7, 11) is 1.31. The first-order valence-electron chi connectivity index (χ1n) is 4.42. The molecule has 2 rings (SSSR count). The van der Waals surface area contributed by atoms with Gasteiger partial charge in [0, 0.05) is 12.3 Å². The third-order valence-corrected chi connectivity index (χ3v) is 3.74. The quantitative estimate of drug-likeness (QED) is 0.473. The van der Waals surface area contributed by atoms with Crippen LogP contribution < -0.4 is 0 Å². The van der Waals surface area contributed by atoms with E-state index < -0.39 is 10.8 Å². The van der Waals surface area contributed by atoms with Crippen LogP contribution >= 0.6 is 11.6 Å². The summed E-state index contributed by atoms with van der Waals surface area (Å²) >= 11 is 6.07. The van der Waals surface area contributed by atoms with Crippen LogP contribution in [0, 0.1) is 11.8 Å². The van der Waals surface area contributed by atoms with Gasteiger partial charge in [0.1, 0.15) is 5.78 Å². The number of hydrogen-bond donors (Lipinski definition) is 0. The monoisotopic (exact) mass is 202 g/mol. The lowest BCUT2D eigenvalue weighted by atomic mass is 10.00. The zero-order chi connectivity index (χ0) is 9.64. The maximum atomic E-state index is 11.4. The number of ketones is 1. The van der Waals surface area contributed by atoms with E-state index in [0.717, 1.165) is 12.8 Å². The number of esters is 1. The van der Waals surface area contributed by atoms with E-state index >= 15 is 0 Å². The number of carbonyl (C=O) groups is 2. The zero-order valence-corrected chi connectivity index (χ0v) is 8.13. The van der Waals surface area contributed by atoms with Crippen molar-refractivity contribution in [1.82, 2.24) is 0 Å². The molecule has 0 saturated heterocycles. The first-order valence-corrected chi connectivity index (χ1v) is 4.80. The fraction of sp³-hybridized carbons (Fsp3) is 0.778. The Kier molecular flexibility index (Phi) is 1.88. The van der Waals surface area contributed by atoms with E-state index in [1.54, 1.807) is 0 Å². The van der Waals surface area contributed by atoms with Gasteiger partial charge >= 0.3 is 5.97 Å². The first kappa shape index (κ1) is 9.00. The lowest BCUT2D eigenvalue weighted by Gasteiger charge is -2.04. The van der Waals surface area contributed by atoms with Crippen molar-refractivity contribution in [3.63, 3.8) is 0 Å². The van der Waals surface area contributed by atoms with E-state index in [2.05, 4.69) is 4.74 Å². The molecule has 4 heteroatoms. The van der Waals surface area contributed by atoms with E-state index in [0.29, 0.717) is 6.42 Å². The highest BCUT2D eigenvalue weighted by Gasteiger charge is 2.73. The Morgan fingerprint density at radius 3 is 2.92 bits per heavy atom. The smallest absolute Gasteiger partial charge is 0.328 e. The molecule has 2 fully saturated rings. The van der Waals surface area contributed by atoms with E-state index in [4.69, 9.17) is 11.6 Å². The molecule has 3 atom stereocenters. The van der Waals surface area contributed by atoms with Crippen molar-refractivity contribution in [2.45, 2.75) is 24.1 Å². The lowest BCUT2D eigenvalue weighted by Crippen LogP contribution is -2.23. The van der Waals surface area contributed by atoms with Crippen LogP contribution in [0.5, 0.6) is 0 Å². The summed E-state index contributed by atoms with van der Waals surface area (Å²) in [6.07, 6.45) is 2.28. The Morgan fingerprint density at radius 1 is 1.69 bits per heavy atom. The Morgan fingerprint density at radius 2 is 2.38 bits per heavy atom. The van der Waals surface area contributed by atoms with Crippen molar-refractivity contribution in [3.8, 4) is 0 Å². The van der Waals surface area contributed by atoms with Gasteiger partial charge in [-0.15, -0.1) is 11.6 Å². The molecule has 3 nitrogen and oxygen atoms in total. The van der Waals surface area contributed by atoms with Gasteiger partial charge in [0.15, 0.2) is 4.87 Å². The predicted molar refractivity (Wildman–Crippen MR) is 46.4 cm³/mol. The molecule has 0 N–H and O–H groups in total. The van der Waals surface area contributed by atoms with Crippen LogP contribution in [0.25, 0.3) is 0 Å². The Balaban J connectivity index is 2.20. The fourth-order valence-electron chi connectivity index (χ4n) is 2.35. The van der Waals surface area contributed by atoms with Crippen LogP contribution in [-0.4, -0.2) is 23.7 Å². The second-order valence-corrected chi connectivity index (χ2v) is 4.33. The number of methoxy groups -OCH3 is 1. The van der Waals surface area contributed by atoms with Gasteiger partial charge in [-0.1, -0.05) is 0 Å². The number of rotatable bonds is 1. The minimum Gasteiger partial charge on any atom is -0.468 e. The van der Waals surface area contributed by atoms with Crippen LogP contribution in [-0.2, 0) is 14.3 Å². The van der Waals surface area contributed by atoms with Gasteiger partial charge in [0.25, 0.3) is 0 Å². The number of halogens is 1. The Hall–Kier alpha value is -0.570. The van der Waals surface area contributed by atoms with Crippen LogP contribution in [0.4, 0.5) is 0 Å². The van der Waals surface area contributed by atoms with Crippen LogP contribution in [0.1, 0.15) is 19.3 Å². The number of alkyl halides is 1. The highest BCUT2D eigenvalue weighted by Crippen LogP contribution is 2.61. The number of carbonyl (C=O) groups excluding carboxylic acids is 2. The minimum absolute atomic E-state index is 0.0304. The Labute approximate surface area is 81.4 Å². The second kappa shape index (κ2) is 2.71. The van der Waals surface area contributed by atoms with Crippen LogP contribution in [0.15, 0.2) is 0 Å². The van der Waals surface area contributed by atoms with Crippen molar-refractivity contribution in [1.29, 1.82) is 0 Å². The molecule has 2 aliphatic carbocycles. The normalized spacial score (nSPS) is 42.5. The van der Waals surface area contributed by atoms with Gasteiger partial charge in [-0.05, 0) is 12.8 Å². The number of Topliss-reactive ketones (excluding diaryl/α,β-unsaturated/α-hetero) is 1. The van der Waals surface area contributed by atoms with Crippen molar-refractivity contribution in [2.24, 2.45) is 11.8 Å². The SMILES string of the molecule is COC(=O)[C@@]1(Cl)[C@@H]2CCCC(=O)[C@@H]21. The third-order valence-electron chi connectivity index (χ3n) is 3.07. The topological polar surface area (TPSA) is 43.4 Å². The molecule has 0 aromatic carbocycles. The number of hydrogen-bond acceptors (Lipinski definition) is 3. The van der Waals surface area contributed by atoms with Gasteiger partial charge in [0.2, 0.25) is 0 Å². The molecule has 0 heterocycles. The zero-order valence-electron chi connectivity index (χ0n) is 7.38. The average molecular weight is 203 g/mol. The summed E-state index contributed by atoms with van der Waals surface area (Å²) in [5.74, 6) is -0.561. The van der Waals surface area contributed by atoms with Gasteiger partial charge in [-0.3, -0.25) is 9.59 Å². The first-order chi connectivity index (χ1) is 6.12.